The molecule has 2 aromatic heterocycles. The summed E-state index contributed by atoms with van der Waals surface area (Å²) in [6.07, 6.45) is 1.95. The summed E-state index contributed by atoms with van der Waals surface area (Å²) in [6, 6.07) is 2.17. The number of rotatable bonds is 1. The summed E-state index contributed by atoms with van der Waals surface area (Å²) >= 11 is 0. The molecule has 0 saturated carbocycles. The first-order chi connectivity index (χ1) is 6.59. The first-order valence-electron chi connectivity index (χ1n) is 4.89. The molecule has 3 heteroatoms. The topological polar surface area (TPSA) is 30.7 Å². The second-order valence-corrected chi connectivity index (χ2v) is 4.00. The molecule has 0 spiro atoms. The normalized spacial score (nSPS) is 11.5. The fraction of sp³-hybridized carbons (Fsp3) is 0.455. The fourth-order valence-corrected chi connectivity index (χ4v) is 1.64. The first-order valence-corrected chi connectivity index (χ1v) is 4.89. The van der Waals surface area contributed by atoms with Crippen molar-refractivity contribution in [1.82, 2.24) is 14.8 Å². The molecule has 2 rings (SSSR count). The predicted molar refractivity (Wildman–Crippen MR) is 57.3 cm³/mol. The highest BCUT2D eigenvalue weighted by molar-refractivity contribution is 5.77. The minimum Gasteiger partial charge on any atom is -0.266 e. The second kappa shape index (κ2) is 3.08. The molecule has 0 N–H and O–H groups in total. The Hall–Kier alpha value is -1.38. The maximum absolute atomic E-state index is 4.44. The Morgan fingerprint density at radius 2 is 2.07 bits per heavy atom. The Bertz CT molecular complexity index is 469. The van der Waals surface area contributed by atoms with Crippen molar-refractivity contribution >= 4 is 11.0 Å². The summed E-state index contributed by atoms with van der Waals surface area (Å²) in [5.74, 6) is 0.516. The van der Waals surface area contributed by atoms with E-state index in [1.807, 2.05) is 24.9 Å². The Morgan fingerprint density at radius 3 is 2.71 bits per heavy atom. The number of hydrogen-bond donors (Lipinski definition) is 0. The molecule has 0 radical (unpaired) electrons. The number of hydrogen-bond acceptors (Lipinski definition) is 2. The van der Waals surface area contributed by atoms with Crippen molar-refractivity contribution in [2.75, 3.05) is 0 Å². The predicted octanol–water partition coefficient (Wildman–Crippen LogP) is 2.40. The Morgan fingerprint density at radius 1 is 1.36 bits per heavy atom. The van der Waals surface area contributed by atoms with Gasteiger partial charge in [0.2, 0.25) is 0 Å². The van der Waals surface area contributed by atoms with E-state index < -0.39 is 0 Å². The molecular formula is C11H15N3. The summed E-state index contributed by atoms with van der Waals surface area (Å²) < 4.78 is 1.89. The van der Waals surface area contributed by atoms with Gasteiger partial charge in [-0.1, -0.05) is 13.8 Å². The van der Waals surface area contributed by atoms with Crippen molar-refractivity contribution in [3.05, 3.63) is 23.5 Å². The second-order valence-electron chi connectivity index (χ2n) is 4.00. The van der Waals surface area contributed by atoms with Gasteiger partial charge in [-0.25, -0.2) is 0 Å². The van der Waals surface area contributed by atoms with Gasteiger partial charge in [-0.3, -0.25) is 9.67 Å². The van der Waals surface area contributed by atoms with Gasteiger partial charge in [0.1, 0.15) is 5.52 Å². The first kappa shape index (κ1) is 9.19. The number of pyridine rings is 1. The average Bonchev–Trinajstić information content (AvgIpc) is 2.42. The van der Waals surface area contributed by atoms with E-state index in [9.17, 15) is 0 Å². The lowest BCUT2D eigenvalue weighted by atomic mass is 10.1. The fourth-order valence-electron chi connectivity index (χ4n) is 1.64. The van der Waals surface area contributed by atoms with E-state index >= 15 is 0 Å². The monoisotopic (exact) mass is 189 g/mol. The van der Waals surface area contributed by atoms with Crippen molar-refractivity contribution in [2.45, 2.75) is 26.7 Å². The zero-order chi connectivity index (χ0) is 10.3. The van der Waals surface area contributed by atoms with E-state index in [2.05, 4.69) is 30.0 Å². The van der Waals surface area contributed by atoms with Crippen LogP contribution in [0.1, 0.15) is 31.0 Å². The molecule has 0 aliphatic carbocycles. The van der Waals surface area contributed by atoms with Crippen LogP contribution in [0.15, 0.2) is 12.3 Å². The van der Waals surface area contributed by atoms with Gasteiger partial charge in [-0.2, -0.15) is 5.10 Å². The third kappa shape index (κ3) is 1.29. The third-order valence-corrected chi connectivity index (χ3v) is 2.55. The van der Waals surface area contributed by atoms with Crippen LogP contribution in [0.2, 0.25) is 0 Å². The van der Waals surface area contributed by atoms with Crippen LogP contribution in [0.4, 0.5) is 0 Å². The zero-order valence-electron chi connectivity index (χ0n) is 9.07. The number of aromatic nitrogens is 3. The molecule has 0 saturated heterocycles. The Balaban J connectivity index is 2.71. The Labute approximate surface area is 83.8 Å². The summed E-state index contributed by atoms with van der Waals surface area (Å²) in [5, 5.41) is 4.34. The van der Waals surface area contributed by atoms with Gasteiger partial charge in [0.25, 0.3) is 0 Å². The van der Waals surface area contributed by atoms with Crippen LogP contribution in [-0.4, -0.2) is 14.8 Å². The van der Waals surface area contributed by atoms with E-state index in [4.69, 9.17) is 0 Å². The maximum Gasteiger partial charge on any atom is 0.111 e. The van der Waals surface area contributed by atoms with Crippen molar-refractivity contribution in [2.24, 2.45) is 7.05 Å². The molecule has 0 aliphatic heterocycles. The van der Waals surface area contributed by atoms with Crippen molar-refractivity contribution in [3.8, 4) is 0 Å². The van der Waals surface area contributed by atoms with Crippen molar-refractivity contribution in [3.63, 3.8) is 0 Å². The number of aryl methyl sites for hydroxylation is 2. The van der Waals surface area contributed by atoms with Gasteiger partial charge in [0.05, 0.1) is 11.2 Å². The smallest absolute Gasteiger partial charge is 0.111 e. The van der Waals surface area contributed by atoms with E-state index in [0.29, 0.717) is 5.92 Å². The van der Waals surface area contributed by atoms with Crippen molar-refractivity contribution in [1.29, 1.82) is 0 Å². The highest BCUT2D eigenvalue weighted by Crippen LogP contribution is 2.20. The number of nitrogens with zero attached hydrogens (tertiary/aromatic N) is 3. The molecule has 2 heterocycles. The van der Waals surface area contributed by atoms with Crippen LogP contribution in [0.5, 0.6) is 0 Å². The van der Waals surface area contributed by atoms with Crippen LogP contribution in [-0.2, 0) is 7.05 Å². The van der Waals surface area contributed by atoms with Crippen LogP contribution in [0.25, 0.3) is 11.0 Å². The summed E-state index contributed by atoms with van der Waals surface area (Å²) in [4.78, 5) is 4.44. The molecule has 0 aliphatic rings. The van der Waals surface area contributed by atoms with Gasteiger partial charge in [-0.05, 0) is 24.5 Å². The molecular weight excluding hydrogens is 174 g/mol. The van der Waals surface area contributed by atoms with Crippen LogP contribution < -0.4 is 0 Å². The summed E-state index contributed by atoms with van der Waals surface area (Å²) in [5.41, 5.74) is 4.39. The molecule has 0 unspecified atom stereocenters. The van der Waals surface area contributed by atoms with Gasteiger partial charge in [0.15, 0.2) is 0 Å². The molecule has 14 heavy (non-hydrogen) atoms. The zero-order valence-corrected chi connectivity index (χ0v) is 9.07. The van der Waals surface area contributed by atoms with Gasteiger partial charge >= 0.3 is 0 Å². The van der Waals surface area contributed by atoms with Gasteiger partial charge < -0.3 is 0 Å². The average molecular weight is 189 g/mol. The summed E-state index contributed by atoms with van der Waals surface area (Å²) in [7, 11) is 1.96. The highest BCUT2D eigenvalue weighted by atomic mass is 15.3. The van der Waals surface area contributed by atoms with Crippen LogP contribution in [0.3, 0.4) is 0 Å². The lowest BCUT2D eigenvalue weighted by molar-refractivity contribution is 0.781. The highest BCUT2D eigenvalue weighted by Gasteiger charge is 2.08. The van der Waals surface area contributed by atoms with Crippen molar-refractivity contribution < 1.29 is 0 Å². The van der Waals surface area contributed by atoms with Gasteiger partial charge in [0, 0.05) is 13.2 Å². The minimum absolute atomic E-state index is 0.516. The Kier molecular flexibility index (Phi) is 2.02. The molecule has 0 atom stereocenters. The molecule has 0 fully saturated rings. The standard InChI is InChI=1S/C11H15N3/c1-7(2)9-5-10-11(12-6-9)8(3)13-14(10)4/h5-7H,1-4H3. The molecule has 2 aromatic rings. The quantitative estimate of drug-likeness (QED) is 0.689. The largest absolute Gasteiger partial charge is 0.266 e. The van der Waals surface area contributed by atoms with Gasteiger partial charge in [-0.15, -0.1) is 0 Å². The summed E-state index contributed by atoms with van der Waals surface area (Å²) in [6.45, 7) is 6.34. The molecule has 0 amide bonds. The molecule has 74 valence electrons. The van der Waals surface area contributed by atoms with E-state index in [0.717, 1.165) is 16.7 Å². The van der Waals surface area contributed by atoms with E-state index in [1.54, 1.807) is 0 Å². The van der Waals surface area contributed by atoms with Crippen LogP contribution >= 0.6 is 0 Å². The molecule has 0 bridgehead atoms. The maximum atomic E-state index is 4.44. The van der Waals surface area contributed by atoms with E-state index in [1.165, 1.54) is 5.56 Å². The lowest BCUT2D eigenvalue weighted by Gasteiger charge is -2.04. The van der Waals surface area contributed by atoms with Crippen LogP contribution in [0, 0.1) is 6.92 Å². The van der Waals surface area contributed by atoms with E-state index in [-0.39, 0.29) is 0 Å². The lowest BCUT2D eigenvalue weighted by Crippen LogP contribution is -1.93. The third-order valence-electron chi connectivity index (χ3n) is 2.55. The molecule has 0 aromatic carbocycles. The SMILES string of the molecule is Cc1nn(C)c2cc(C(C)C)cnc12. The number of fused-ring (bicyclic) bond motifs is 1. The minimum atomic E-state index is 0.516. The molecule has 3 nitrogen and oxygen atoms in total.